The van der Waals surface area contributed by atoms with Gasteiger partial charge in [-0.3, -0.25) is 9.36 Å². The van der Waals surface area contributed by atoms with Crippen LogP contribution in [0.2, 0.25) is 0 Å². The molecule has 4 heteroatoms. The third kappa shape index (κ3) is 1.46. The SMILES string of the molecule is Cc1ncn(C2CCNC2)c(=O)c1C. The van der Waals surface area contributed by atoms with E-state index in [1.165, 1.54) is 0 Å². The van der Waals surface area contributed by atoms with Crippen molar-refractivity contribution in [1.82, 2.24) is 14.9 Å². The lowest BCUT2D eigenvalue weighted by atomic mass is 10.2. The topological polar surface area (TPSA) is 46.9 Å². The fourth-order valence-corrected chi connectivity index (χ4v) is 1.78. The van der Waals surface area contributed by atoms with Crippen LogP contribution in [-0.2, 0) is 0 Å². The summed E-state index contributed by atoms with van der Waals surface area (Å²) in [6, 6.07) is 0.286. The number of nitrogens with zero attached hydrogens (tertiary/aromatic N) is 2. The van der Waals surface area contributed by atoms with E-state index in [-0.39, 0.29) is 11.6 Å². The Morgan fingerprint density at radius 3 is 3.00 bits per heavy atom. The second kappa shape index (κ2) is 3.53. The van der Waals surface area contributed by atoms with Gasteiger partial charge in [0, 0.05) is 17.8 Å². The minimum absolute atomic E-state index is 0.103. The molecule has 14 heavy (non-hydrogen) atoms. The highest BCUT2D eigenvalue weighted by atomic mass is 16.1. The lowest BCUT2D eigenvalue weighted by molar-refractivity contribution is 0.516. The Morgan fingerprint density at radius 2 is 2.36 bits per heavy atom. The average molecular weight is 193 g/mol. The number of hydrogen-bond acceptors (Lipinski definition) is 3. The maximum absolute atomic E-state index is 11.9. The molecule has 1 N–H and O–H groups in total. The smallest absolute Gasteiger partial charge is 0.256 e. The van der Waals surface area contributed by atoms with Crippen molar-refractivity contribution in [2.45, 2.75) is 26.3 Å². The second-order valence-corrected chi connectivity index (χ2v) is 3.81. The van der Waals surface area contributed by atoms with Crippen molar-refractivity contribution in [2.75, 3.05) is 13.1 Å². The summed E-state index contributed by atoms with van der Waals surface area (Å²) in [7, 11) is 0. The van der Waals surface area contributed by atoms with Gasteiger partial charge in [0.1, 0.15) is 0 Å². The van der Waals surface area contributed by atoms with Crippen molar-refractivity contribution in [1.29, 1.82) is 0 Å². The van der Waals surface area contributed by atoms with Gasteiger partial charge in [0.15, 0.2) is 0 Å². The molecule has 76 valence electrons. The van der Waals surface area contributed by atoms with Crippen molar-refractivity contribution < 1.29 is 0 Å². The Bertz CT molecular complexity index is 391. The molecule has 0 amide bonds. The monoisotopic (exact) mass is 193 g/mol. The fraction of sp³-hybridized carbons (Fsp3) is 0.600. The third-order valence-electron chi connectivity index (χ3n) is 2.90. The number of aryl methyl sites for hydroxylation is 1. The first kappa shape index (κ1) is 9.40. The standard InChI is InChI=1S/C10H15N3O/c1-7-8(2)12-6-13(10(7)14)9-3-4-11-5-9/h6,9,11H,3-5H2,1-2H3. The van der Waals surface area contributed by atoms with Crippen LogP contribution < -0.4 is 10.9 Å². The lowest BCUT2D eigenvalue weighted by Crippen LogP contribution is -2.28. The number of aromatic nitrogens is 2. The Labute approximate surface area is 83.0 Å². The normalized spacial score (nSPS) is 21.4. The van der Waals surface area contributed by atoms with Gasteiger partial charge in [-0.25, -0.2) is 4.98 Å². The summed E-state index contributed by atoms with van der Waals surface area (Å²) in [5.74, 6) is 0. The van der Waals surface area contributed by atoms with Gasteiger partial charge in [-0.15, -0.1) is 0 Å². The molecule has 0 spiro atoms. The summed E-state index contributed by atoms with van der Waals surface area (Å²) in [5.41, 5.74) is 1.70. The van der Waals surface area contributed by atoms with Crippen LogP contribution in [0.25, 0.3) is 0 Å². The maximum Gasteiger partial charge on any atom is 0.256 e. The summed E-state index contributed by atoms with van der Waals surface area (Å²) in [6.45, 7) is 5.58. The second-order valence-electron chi connectivity index (χ2n) is 3.81. The molecule has 1 aromatic rings. The summed E-state index contributed by atoms with van der Waals surface area (Å²) in [5, 5.41) is 3.24. The van der Waals surface area contributed by atoms with Gasteiger partial charge < -0.3 is 5.32 Å². The molecule has 0 bridgehead atoms. The molecule has 1 fully saturated rings. The molecular formula is C10H15N3O. The van der Waals surface area contributed by atoms with Gasteiger partial charge in [0.25, 0.3) is 5.56 Å². The average Bonchev–Trinajstić information content (AvgIpc) is 2.67. The highest BCUT2D eigenvalue weighted by molar-refractivity contribution is 5.13. The molecule has 0 aliphatic carbocycles. The molecule has 1 aliphatic rings. The number of hydrogen-bond donors (Lipinski definition) is 1. The van der Waals surface area contributed by atoms with E-state index in [4.69, 9.17) is 0 Å². The summed E-state index contributed by atoms with van der Waals surface area (Å²) >= 11 is 0. The van der Waals surface area contributed by atoms with Gasteiger partial charge in [-0.2, -0.15) is 0 Å². The van der Waals surface area contributed by atoms with E-state index in [9.17, 15) is 4.79 Å². The highest BCUT2D eigenvalue weighted by Gasteiger charge is 2.18. The predicted octanol–water partition coefficient (Wildman–Crippen LogP) is 0.395. The highest BCUT2D eigenvalue weighted by Crippen LogP contribution is 2.12. The van der Waals surface area contributed by atoms with E-state index < -0.39 is 0 Å². The zero-order valence-corrected chi connectivity index (χ0v) is 8.58. The van der Waals surface area contributed by atoms with Gasteiger partial charge in [-0.05, 0) is 26.8 Å². The number of nitrogens with one attached hydrogen (secondary N) is 1. The molecule has 1 unspecified atom stereocenters. The molecule has 4 nitrogen and oxygen atoms in total. The molecule has 1 aliphatic heterocycles. The molecular weight excluding hydrogens is 178 g/mol. The zero-order valence-electron chi connectivity index (χ0n) is 8.58. The minimum atomic E-state index is 0.103. The van der Waals surface area contributed by atoms with E-state index in [0.29, 0.717) is 0 Å². The van der Waals surface area contributed by atoms with E-state index >= 15 is 0 Å². The van der Waals surface area contributed by atoms with E-state index in [2.05, 4.69) is 10.3 Å². The van der Waals surface area contributed by atoms with Crippen LogP contribution in [0.15, 0.2) is 11.1 Å². The fourth-order valence-electron chi connectivity index (χ4n) is 1.78. The molecule has 1 atom stereocenters. The van der Waals surface area contributed by atoms with Gasteiger partial charge in [-0.1, -0.05) is 0 Å². The summed E-state index contributed by atoms with van der Waals surface area (Å²) in [6.07, 6.45) is 2.69. The third-order valence-corrected chi connectivity index (χ3v) is 2.90. The minimum Gasteiger partial charge on any atom is -0.315 e. The van der Waals surface area contributed by atoms with E-state index in [0.717, 1.165) is 30.8 Å². The molecule has 0 saturated carbocycles. The van der Waals surface area contributed by atoms with Gasteiger partial charge in [0.05, 0.1) is 12.4 Å². The Kier molecular flexibility index (Phi) is 2.37. The Balaban J connectivity index is 2.44. The van der Waals surface area contributed by atoms with Gasteiger partial charge in [0.2, 0.25) is 0 Å². The summed E-state index contributed by atoms with van der Waals surface area (Å²) in [4.78, 5) is 16.1. The maximum atomic E-state index is 11.9. The van der Waals surface area contributed by atoms with Crippen molar-refractivity contribution in [3.8, 4) is 0 Å². The van der Waals surface area contributed by atoms with E-state index in [1.54, 1.807) is 10.9 Å². The first-order chi connectivity index (χ1) is 6.70. The predicted molar refractivity (Wildman–Crippen MR) is 54.5 cm³/mol. The zero-order chi connectivity index (χ0) is 10.1. The molecule has 2 rings (SSSR count). The first-order valence-electron chi connectivity index (χ1n) is 4.95. The van der Waals surface area contributed by atoms with Crippen LogP contribution in [0, 0.1) is 13.8 Å². The van der Waals surface area contributed by atoms with Crippen LogP contribution in [0.1, 0.15) is 23.7 Å². The van der Waals surface area contributed by atoms with Gasteiger partial charge >= 0.3 is 0 Å². The molecule has 1 aromatic heterocycles. The quantitative estimate of drug-likeness (QED) is 0.702. The van der Waals surface area contributed by atoms with Crippen molar-refractivity contribution in [2.24, 2.45) is 0 Å². The molecule has 0 aromatic carbocycles. The van der Waals surface area contributed by atoms with Crippen molar-refractivity contribution in [3.05, 3.63) is 27.9 Å². The van der Waals surface area contributed by atoms with Crippen molar-refractivity contribution in [3.63, 3.8) is 0 Å². The lowest BCUT2D eigenvalue weighted by Gasteiger charge is -2.13. The van der Waals surface area contributed by atoms with Crippen LogP contribution in [0.5, 0.6) is 0 Å². The Morgan fingerprint density at radius 1 is 1.57 bits per heavy atom. The van der Waals surface area contributed by atoms with E-state index in [1.807, 2.05) is 13.8 Å². The largest absolute Gasteiger partial charge is 0.315 e. The van der Waals surface area contributed by atoms with Crippen LogP contribution >= 0.6 is 0 Å². The Hall–Kier alpha value is -1.16. The van der Waals surface area contributed by atoms with Crippen LogP contribution in [0.3, 0.4) is 0 Å². The van der Waals surface area contributed by atoms with Crippen LogP contribution in [-0.4, -0.2) is 22.6 Å². The molecule has 1 saturated heterocycles. The van der Waals surface area contributed by atoms with Crippen molar-refractivity contribution >= 4 is 0 Å². The number of rotatable bonds is 1. The van der Waals surface area contributed by atoms with Crippen LogP contribution in [0.4, 0.5) is 0 Å². The molecule has 0 radical (unpaired) electrons. The summed E-state index contributed by atoms with van der Waals surface area (Å²) < 4.78 is 1.75. The first-order valence-corrected chi connectivity index (χ1v) is 4.95. The molecule has 2 heterocycles.